The molecule has 0 unspecified atom stereocenters. The Kier molecular flexibility index (Phi) is 4.89. The highest BCUT2D eigenvalue weighted by Gasteiger charge is 2.12. The molecule has 0 atom stereocenters. The van der Waals surface area contributed by atoms with Crippen LogP contribution in [0.1, 0.15) is 51.3 Å². The van der Waals surface area contributed by atoms with E-state index in [4.69, 9.17) is 0 Å². The Bertz CT molecular complexity index is 705. The first-order valence-electron chi connectivity index (χ1n) is 7.67. The number of nitrogens with zero attached hydrogens (tertiary/aromatic N) is 2. The van der Waals surface area contributed by atoms with Crippen LogP contribution >= 0.6 is 0 Å². The summed E-state index contributed by atoms with van der Waals surface area (Å²) in [6.45, 7) is 10.4. The molecule has 2 heteroatoms. The second-order valence-corrected chi connectivity index (χ2v) is 5.55. The summed E-state index contributed by atoms with van der Waals surface area (Å²) < 4.78 is 0. The van der Waals surface area contributed by atoms with E-state index in [-0.39, 0.29) is 0 Å². The van der Waals surface area contributed by atoms with Gasteiger partial charge in [-0.25, -0.2) is 0 Å². The number of hydrogen-bond donors (Lipinski definition) is 0. The van der Waals surface area contributed by atoms with E-state index in [9.17, 15) is 0 Å². The van der Waals surface area contributed by atoms with Crippen molar-refractivity contribution >= 4 is 22.2 Å². The van der Waals surface area contributed by atoms with Crippen molar-refractivity contribution in [2.45, 2.75) is 47.5 Å². The number of rotatable bonds is 4. The first-order chi connectivity index (χ1) is 10.1. The monoisotopic (exact) mass is 280 g/mol. The summed E-state index contributed by atoms with van der Waals surface area (Å²) in [7, 11) is 0. The van der Waals surface area contributed by atoms with Crippen LogP contribution < -0.4 is 0 Å². The highest BCUT2D eigenvalue weighted by atomic mass is 15.2. The van der Waals surface area contributed by atoms with E-state index in [1.165, 1.54) is 27.5 Å². The second kappa shape index (κ2) is 6.66. The molecule has 0 saturated heterocycles. The molecule has 0 bridgehead atoms. The van der Waals surface area contributed by atoms with Crippen LogP contribution in [0.25, 0.3) is 10.8 Å². The lowest BCUT2D eigenvalue weighted by molar-refractivity contribution is 1.11. The third-order valence-electron chi connectivity index (χ3n) is 3.77. The Hall–Kier alpha value is -1.96. The highest BCUT2D eigenvalue weighted by Crippen LogP contribution is 2.28. The van der Waals surface area contributed by atoms with Gasteiger partial charge in [0.05, 0.1) is 5.71 Å². The minimum absolute atomic E-state index is 0.976. The minimum atomic E-state index is 0.976. The average molecular weight is 280 g/mol. The molecule has 0 aliphatic carbocycles. The molecular weight excluding hydrogens is 256 g/mol. The van der Waals surface area contributed by atoms with Crippen LogP contribution in [0, 0.1) is 0 Å². The zero-order valence-electron chi connectivity index (χ0n) is 13.7. The molecular formula is C19H24N2. The molecule has 0 saturated carbocycles. The molecule has 0 spiro atoms. The molecule has 0 aromatic heterocycles. The standard InChI is InChI=1S/C19H24N2/c1-6-15-12-19(14(5)21-20-13(3)4)16(7-2)18-11-9-8-10-17(15)18/h8-12H,6-7H2,1-5H3/b21-14+. The Morgan fingerprint density at radius 3 is 2.14 bits per heavy atom. The molecule has 0 aliphatic heterocycles. The van der Waals surface area contributed by atoms with E-state index in [1.807, 2.05) is 13.8 Å². The average Bonchev–Trinajstić information content (AvgIpc) is 2.50. The fourth-order valence-electron chi connectivity index (χ4n) is 2.74. The number of aryl methyl sites for hydroxylation is 2. The Morgan fingerprint density at radius 1 is 0.905 bits per heavy atom. The van der Waals surface area contributed by atoms with Gasteiger partial charge in [0.15, 0.2) is 0 Å². The fourth-order valence-corrected chi connectivity index (χ4v) is 2.74. The molecule has 0 fully saturated rings. The summed E-state index contributed by atoms with van der Waals surface area (Å²) in [6, 6.07) is 11.0. The molecule has 2 aromatic rings. The van der Waals surface area contributed by atoms with Crippen LogP contribution in [0.3, 0.4) is 0 Å². The van der Waals surface area contributed by atoms with Crippen molar-refractivity contribution in [3.05, 3.63) is 47.0 Å². The van der Waals surface area contributed by atoms with E-state index in [0.29, 0.717) is 0 Å². The first-order valence-corrected chi connectivity index (χ1v) is 7.67. The predicted octanol–water partition coefficient (Wildman–Crippen LogP) is 5.17. The molecule has 2 rings (SSSR count). The summed E-state index contributed by atoms with van der Waals surface area (Å²) in [5.41, 5.74) is 5.95. The number of benzene rings is 2. The second-order valence-electron chi connectivity index (χ2n) is 5.55. The van der Waals surface area contributed by atoms with Gasteiger partial charge in [0.2, 0.25) is 0 Å². The largest absolute Gasteiger partial charge is 0.160 e. The topological polar surface area (TPSA) is 24.7 Å². The molecule has 0 N–H and O–H groups in total. The van der Waals surface area contributed by atoms with Crippen LogP contribution in [0.4, 0.5) is 0 Å². The van der Waals surface area contributed by atoms with Crippen molar-refractivity contribution in [3.63, 3.8) is 0 Å². The van der Waals surface area contributed by atoms with Crippen molar-refractivity contribution < 1.29 is 0 Å². The van der Waals surface area contributed by atoms with Crippen molar-refractivity contribution in [2.75, 3.05) is 0 Å². The summed E-state index contributed by atoms with van der Waals surface area (Å²) >= 11 is 0. The Morgan fingerprint density at radius 2 is 1.57 bits per heavy atom. The van der Waals surface area contributed by atoms with Gasteiger partial charge in [-0.15, -0.1) is 0 Å². The smallest absolute Gasteiger partial charge is 0.0674 e. The van der Waals surface area contributed by atoms with Crippen LogP contribution in [0.15, 0.2) is 40.5 Å². The quantitative estimate of drug-likeness (QED) is 0.545. The van der Waals surface area contributed by atoms with Gasteiger partial charge >= 0.3 is 0 Å². The molecule has 0 amide bonds. The highest BCUT2D eigenvalue weighted by molar-refractivity contribution is 6.05. The molecule has 2 aromatic carbocycles. The normalized spacial score (nSPS) is 11.8. The lowest BCUT2D eigenvalue weighted by atomic mass is 9.90. The molecule has 2 nitrogen and oxygen atoms in total. The van der Waals surface area contributed by atoms with Gasteiger partial charge in [-0.05, 0) is 61.6 Å². The number of hydrogen-bond acceptors (Lipinski definition) is 2. The molecule has 0 heterocycles. The molecule has 110 valence electrons. The van der Waals surface area contributed by atoms with Gasteiger partial charge in [0.25, 0.3) is 0 Å². The van der Waals surface area contributed by atoms with E-state index in [1.54, 1.807) is 0 Å². The van der Waals surface area contributed by atoms with Crippen molar-refractivity contribution in [3.8, 4) is 0 Å². The van der Waals surface area contributed by atoms with Gasteiger partial charge in [0.1, 0.15) is 0 Å². The summed E-state index contributed by atoms with van der Waals surface area (Å²) in [5.74, 6) is 0. The first kappa shape index (κ1) is 15.4. The zero-order chi connectivity index (χ0) is 15.4. The fraction of sp³-hybridized carbons (Fsp3) is 0.368. The number of fused-ring (bicyclic) bond motifs is 1. The summed E-state index contributed by atoms with van der Waals surface area (Å²) in [6.07, 6.45) is 2.03. The maximum atomic E-state index is 4.39. The van der Waals surface area contributed by atoms with Gasteiger partial charge < -0.3 is 0 Å². The van der Waals surface area contributed by atoms with E-state index in [2.05, 4.69) is 61.3 Å². The van der Waals surface area contributed by atoms with Crippen LogP contribution in [-0.2, 0) is 12.8 Å². The van der Waals surface area contributed by atoms with Crippen molar-refractivity contribution in [1.82, 2.24) is 0 Å². The molecule has 0 aliphatic rings. The van der Waals surface area contributed by atoms with Gasteiger partial charge in [-0.3, -0.25) is 0 Å². The van der Waals surface area contributed by atoms with E-state index in [0.717, 1.165) is 24.3 Å². The Balaban J connectivity index is 2.74. The lowest BCUT2D eigenvalue weighted by Gasteiger charge is -2.14. The predicted molar refractivity (Wildman–Crippen MR) is 93.7 cm³/mol. The SMILES string of the molecule is CCc1cc(/C(C)=N/N=C(C)C)c(CC)c2ccccc12. The van der Waals surface area contributed by atoms with E-state index < -0.39 is 0 Å². The third-order valence-corrected chi connectivity index (χ3v) is 3.77. The van der Waals surface area contributed by atoms with Gasteiger partial charge in [-0.1, -0.05) is 38.1 Å². The molecule has 21 heavy (non-hydrogen) atoms. The maximum absolute atomic E-state index is 4.39. The van der Waals surface area contributed by atoms with Gasteiger partial charge in [-0.2, -0.15) is 10.2 Å². The van der Waals surface area contributed by atoms with Crippen LogP contribution in [0.5, 0.6) is 0 Å². The maximum Gasteiger partial charge on any atom is 0.0674 e. The zero-order valence-corrected chi connectivity index (χ0v) is 13.7. The van der Waals surface area contributed by atoms with Crippen LogP contribution in [0.2, 0.25) is 0 Å². The van der Waals surface area contributed by atoms with Crippen molar-refractivity contribution in [2.24, 2.45) is 10.2 Å². The van der Waals surface area contributed by atoms with E-state index >= 15 is 0 Å². The van der Waals surface area contributed by atoms with Crippen molar-refractivity contribution in [1.29, 1.82) is 0 Å². The summed E-state index contributed by atoms with van der Waals surface area (Å²) in [5, 5.41) is 11.3. The third kappa shape index (κ3) is 3.21. The Labute approximate surface area is 127 Å². The van der Waals surface area contributed by atoms with Gasteiger partial charge in [0, 0.05) is 11.3 Å². The molecule has 0 radical (unpaired) electrons. The lowest BCUT2D eigenvalue weighted by Crippen LogP contribution is -2.03. The minimum Gasteiger partial charge on any atom is -0.160 e. The van der Waals surface area contributed by atoms with Crippen LogP contribution in [-0.4, -0.2) is 11.4 Å². The summed E-state index contributed by atoms with van der Waals surface area (Å²) in [4.78, 5) is 0.